The summed E-state index contributed by atoms with van der Waals surface area (Å²) in [5, 5.41) is 12.6. The first-order valence-electron chi connectivity index (χ1n) is 4.18. The monoisotopic (exact) mass is 228 g/mol. The topological polar surface area (TPSA) is 72.2 Å². The largest absolute Gasteiger partial charge is 0.316 e. The maximum atomic E-state index is 11.0. The Hall–Kier alpha value is -1.46. The molecule has 0 bridgehead atoms. The Morgan fingerprint density at radius 1 is 1.60 bits per heavy atom. The zero-order valence-electron chi connectivity index (χ0n) is 7.99. The fraction of sp³-hybridized carbons (Fsp3) is 0.222. The average molecular weight is 229 g/mol. The fourth-order valence-electron chi connectivity index (χ4n) is 1.21. The van der Waals surface area contributed by atoms with Crippen LogP contribution in [-0.4, -0.2) is 17.2 Å². The molecule has 5 nitrogen and oxygen atoms in total. The van der Waals surface area contributed by atoms with E-state index in [0.717, 1.165) is 5.56 Å². The van der Waals surface area contributed by atoms with Gasteiger partial charge in [-0.05, 0) is 30.3 Å². The minimum absolute atomic E-state index is 0.0746. The van der Waals surface area contributed by atoms with Crippen LogP contribution in [0.1, 0.15) is 15.9 Å². The molecule has 0 amide bonds. The molecule has 6 heteroatoms. The molecule has 0 aromatic heterocycles. The summed E-state index contributed by atoms with van der Waals surface area (Å²) in [6.45, 7) is 0.523. The molecule has 0 saturated heterocycles. The van der Waals surface area contributed by atoms with E-state index in [9.17, 15) is 14.9 Å². The number of nitro benzene ring substituents is 1. The van der Waals surface area contributed by atoms with Crippen LogP contribution < -0.4 is 5.32 Å². The lowest BCUT2D eigenvalue weighted by Crippen LogP contribution is -2.07. The molecule has 0 unspecified atom stereocenters. The van der Waals surface area contributed by atoms with E-state index < -0.39 is 10.2 Å². The quantitative estimate of drug-likeness (QED) is 0.484. The molecule has 1 aromatic carbocycles. The third kappa shape index (κ3) is 2.74. The van der Waals surface area contributed by atoms with Crippen LogP contribution in [0.25, 0.3) is 0 Å². The number of halogens is 1. The molecular weight excluding hydrogens is 220 g/mol. The maximum Gasteiger partial charge on any atom is 0.281 e. The summed E-state index contributed by atoms with van der Waals surface area (Å²) in [7, 11) is 1.74. The van der Waals surface area contributed by atoms with E-state index in [-0.39, 0.29) is 11.3 Å². The molecule has 0 radical (unpaired) electrons. The Morgan fingerprint density at radius 3 is 2.73 bits per heavy atom. The van der Waals surface area contributed by atoms with Crippen molar-refractivity contribution in [2.45, 2.75) is 6.54 Å². The third-order valence-electron chi connectivity index (χ3n) is 1.85. The lowest BCUT2D eigenvalue weighted by Gasteiger charge is -2.02. The predicted octanol–water partition coefficient (Wildman–Crippen LogP) is 1.69. The lowest BCUT2D eigenvalue weighted by atomic mass is 10.1. The van der Waals surface area contributed by atoms with Crippen molar-refractivity contribution in [1.82, 2.24) is 5.32 Å². The van der Waals surface area contributed by atoms with E-state index in [4.69, 9.17) is 11.6 Å². The van der Waals surface area contributed by atoms with E-state index in [1.54, 1.807) is 13.1 Å². The van der Waals surface area contributed by atoms with Crippen molar-refractivity contribution in [3.8, 4) is 0 Å². The summed E-state index contributed by atoms with van der Waals surface area (Å²) in [4.78, 5) is 20.9. The van der Waals surface area contributed by atoms with Crippen LogP contribution in [0.15, 0.2) is 18.2 Å². The van der Waals surface area contributed by atoms with Gasteiger partial charge in [0.15, 0.2) is 0 Å². The molecule has 80 valence electrons. The minimum atomic E-state index is -0.820. The van der Waals surface area contributed by atoms with Gasteiger partial charge in [0, 0.05) is 12.6 Å². The van der Waals surface area contributed by atoms with E-state index in [0.29, 0.717) is 6.54 Å². The molecule has 1 aromatic rings. The Labute approximate surface area is 91.2 Å². The van der Waals surface area contributed by atoms with Crippen LogP contribution in [0, 0.1) is 10.1 Å². The number of hydrogen-bond donors (Lipinski definition) is 1. The molecule has 0 aliphatic heterocycles. The van der Waals surface area contributed by atoms with E-state index in [1.807, 2.05) is 0 Å². The van der Waals surface area contributed by atoms with Gasteiger partial charge in [0.25, 0.3) is 10.9 Å². The molecule has 0 atom stereocenters. The lowest BCUT2D eigenvalue weighted by molar-refractivity contribution is -0.385. The number of nitrogens with zero attached hydrogens (tertiary/aromatic N) is 1. The first-order chi connectivity index (χ1) is 7.06. The minimum Gasteiger partial charge on any atom is -0.316 e. The number of carbonyl (C=O) groups excluding carboxylic acids is 1. The number of nitrogens with one attached hydrogen (secondary N) is 1. The summed E-state index contributed by atoms with van der Waals surface area (Å²) in [6, 6.07) is 4.28. The highest BCUT2D eigenvalue weighted by Crippen LogP contribution is 2.21. The Balaban J connectivity index is 3.21. The summed E-state index contributed by atoms with van der Waals surface area (Å²) < 4.78 is 0. The summed E-state index contributed by atoms with van der Waals surface area (Å²) >= 11 is 5.26. The standard InChI is InChI=1S/C9H9ClN2O3/c1-11-5-6-2-3-8(12(14)15)7(4-6)9(10)13/h2-4,11H,5H2,1H3. The first kappa shape index (κ1) is 11.6. The van der Waals surface area contributed by atoms with E-state index in [2.05, 4.69) is 5.32 Å². The highest BCUT2D eigenvalue weighted by Gasteiger charge is 2.18. The first-order valence-corrected chi connectivity index (χ1v) is 4.55. The van der Waals surface area contributed by atoms with Gasteiger partial charge in [-0.2, -0.15) is 0 Å². The van der Waals surface area contributed by atoms with Crippen molar-refractivity contribution in [3.05, 3.63) is 39.4 Å². The van der Waals surface area contributed by atoms with Gasteiger partial charge in [0.1, 0.15) is 5.56 Å². The Morgan fingerprint density at radius 2 is 2.27 bits per heavy atom. The van der Waals surface area contributed by atoms with Crippen molar-refractivity contribution in [2.75, 3.05) is 7.05 Å². The van der Waals surface area contributed by atoms with Crippen LogP contribution in [0.2, 0.25) is 0 Å². The Bertz CT molecular complexity index is 406. The molecule has 0 aliphatic rings. The van der Waals surface area contributed by atoms with Gasteiger partial charge in [0.2, 0.25) is 0 Å². The van der Waals surface area contributed by atoms with Crippen LogP contribution in [0.5, 0.6) is 0 Å². The maximum absolute atomic E-state index is 11.0. The van der Waals surface area contributed by atoms with Gasteiger partial charge in [-0.1, -0.05) is 6.07 Å². The van der Waals surface area contributed by atoms with E-state index >= 15 is 0 Å². The van der Waals surface area contributed by atoms with Crippen molar-refractivity contribution < 1.29 is 9.72 Å². The fourth-order valence-corrected chi connectivity index (χ4v) is 1.37. The second-order valence-corrected chi connectivity index (χ2v) is 3.26. The second-order valence-electron chi connectivity index (χ2n) is 2.91. The zero-order valence-corrected chi connectivity index (χ0v) is 8.75. The van der Waals surface area contributed by atoms with Gasteiger partial charge in [-0.15, -0.1) is 0 Å². The number of carbonyl (C=O) groups is 1. The Kier molecular flexibility index (Phi) is 3.76. The normalized spacial score (nSPS) is 10.0. The predicted molar refractivity (Wildman–Crippen MR) is 56.0 cm³/mol. The molecule has 0 saturated carbocycles. The van der Waals surface area contributed by atoms with Gasteiger partial charge >= 0.3 is 0 Å². The van der Waals surface area contributed by atoms with Crippen molar-refractivity contribution in [2.24, 2.45) is 0 Å². The summed E-state index contributed by atoms with van der Waals surface area (Å²) in [5.41, 5.74) is 0.427. The zero-order chi connectivity index (χ0) is 11.4. The van der Waals surface area contributed by atoms with Crippen LogP contribution in [-0.2, 0) is 6.54 Å². The van der Waals surface area contributed by atoms with Gasteiger partial charge in [0.05, 0.1) is 4.92 Å². The van der Waals surface area contributed by atoms with Crippen molar-refractivity contribution in [3.63, 3.8) is 0 Å². The molecule has 15 heavy (non-hydrogen) atoms. The van der Waals surface area contributed by atoms with Crippen LogP contribution >= 0.6 is 11.6 Å². The molecule has 1 N–H and O–H groups in total. The molecule has 1 rings (SSSR count). The summed E-state index contributed by atoms with van der Waals surface area (Å²) in [5.74, 6) is 0. The van der Waals surface area contributed by atoms with Gasteiger partial charge in [-0.3, -0.25) is 14.9 Å². The number of rotatable bonds is 4. The molecular formula is C9H9ClN2O3. The second kappa shape index (κ2) is 4.86. The number of benzene rings is 1. The smallest absolute Gasteiger partial charge is 0.281 e. The van der Waals surface area contributed by atoms with E-state index in [1.165, 1.54) is 12.1 Å². The van der Waals surface area contributed by atoms with Crippen molar-refractivity contribution >= 4 is 22.5 Å². The number of hydrogen-bond acceptors (Lipinski definition) is 4. The number of nitro groups is 1. The highest BCUT2D eigenvalue weighted by molar-refractivity contribution is 6.68. The van der Waals surface area contributed by atoms with Gasteiger partial charge < -0.3 is 5.32 Å². The van der Waals surface area contributed by atoms with Crippen LogP contribution in [0.4, 0.5) is 5.69 Å². The SMILES string of the molecule is CNCc1ccc([N+](=O)[O-])c(C(=O)Cl)c1. The summed E-state index contributed by atoms with van der Waals surface area (Å²) in [6.07, 6.45) is 0. The molecule has 0 fully saturated rings. The highest BCUT2D eigenvalue weighted by atomic mass is 35.5. The average Bonchev–Trinajstić information content (AvgIpc) is 2.17. The van der Waals surface area contributed by atoms with Crippen LogP contribution in [0.3, 0.4) is 0 Å². The molecule has 0 heterocycles. The van der Waals surface area contributed by atoms with Gasteiger partial charge in [-0.25, -0.2) is 0 Å². The third-order valence-corrected chi connectivity index (χ3v) is 2.05. The van der Waals surface area contributed by atoms with Crippen molar-refractivity contribution in [1.29, 1.82) is 0 Å². The molecule has 0 aliphatic carbocycles. The molecule has 0 spiro atoms.